The Morgan fingerprint density at radius 3 is 3.08 bits per heavy atom. The average molecular weight is 177 g/mol. The summed E-state index contributed by atoms with van der Waals surface area (Å²) in [5.74, 6) is -0.821. The molecule has 0 aliphatic heterocycles. The van der Waals surface area contributed by atoms with Crippen LogP contribution in [0.25, 0.3) is 0 Å². The Morgan fingerprint density at radius 1 is 1.62 bits per heavy atom. The van der Waals surface area contributed by atoms with Crippen LogP contribution >= 0.6 is 0 Å². The molecule has 0 saturated heterocycles. The third-order valence-corrected chi connectivity index (χ3v) is 2.26. The van der Waals surface area contributed by atoms with Gasteiger partial charge in [-0.1, -0.05) is 12.1 Å². The molecule has 0 saturated carbocycles. The average Bonchev–Trinajstić information content (AvgIpc) is 2.83. The minimum Gasteiger partial charge on any atom is -0.480 e. The maximum absolute atomic E-state index is 10.6. The number of aliphatic carboxylic acids is 1. The highest BCUT2D eigenvalue weighted by atomic mass is 16.4. The van der Waals surface area contributed by atoms with Crippen LogP contribution in [0.2, 0.25) is 0 Å². The molecule has 1 aromatic carbocycles. The molecule has 0 spiro atoms. The molecule has 0 fully saturated rings. The van der Waals surface area contributed by atoms with Crippen molar-refractivity contribution in [3.05, 3.63) is 29.3 Å². The quantitative estimate of drug-likeness (QED) is 0.746. The summed E-state index contributed by atoms with van der Waals surface area (Å²) in [5, 5.41) is 11.7. The molecule has 1 aliphatic carbocycles. The fourth-order valence-electron chi connectivity index (χ4n) is 1.37. The molecule has 3 heteroatoms. The lowest BCUT2D eigenvalue weighted by molar-refractivity contribution is -0.137. The van der Waals surface area contributed by atoms with Crippen molar-refractivity contribution in [2.24, 2.45) is 0 Å². The summed E-state index contributed by atoms with van der Waals surface area (Å²) >= 11 is 0. The topological polar surface area (TPSA) is 49.3 Å². The Hall–Kier alpha value is -1.51. The minimum absolute atomic E-state index is 0.521. The summed E-state index contributed by atoms with van der Waals surface area (Å²) in [6.45, 7) is 1.64. The lowest BCUT2D eigenvalue weighted by atomic mass is 10.2. The van der Waals surface area contributed by atoms with Crippen molar-refractivity contribution in [3.8, 4) is 0 Å². The van der Waals surface area contributed by atoms with E-state index in [4.69, 9.17) is 5.11 Å². The van der Waals surface area contributed by atoms with E-state index in [0.717, 1.165) is 12.1 Å². The van der Waals surface area contributed by atoms with Crippen molar-refractivity contribution in [1.82, 2.24) is 0 Å². The first kappa shape index (κ1) is 8.10. The maximum Gasteiger partial charge on any atom is 0.325 e. The Kier molecular flexibility index (Phi) is 1.72. The summed E-state index contributed by atoms with van der Waals surface area (Å²) in [4.78, 5) is 10.6. The van der Waals surface area contributed by atoms with E-state index >= 15 is 0 Å². The molecule has 0 radical (unpaired) electrons. The smallest absolute Gasteiger partial charge is 0.325 e. The van der Waals surface area contributed by atoms with E-state index in [2.05, 4.69) is 11.4 Å². The van der Waals surface area contributed by atoms with E-state index in [1.54, 1.807) is 6.92 Å². The monoisotopic (exact) mass is 177 g/mol. The highest BCUT2D eigenvalue weighted by molar-refractivity contribution is 5.78. The van der Waals surface area contributed by atoms with Gasteiger partial charge in [0.15, 0.2) is 0 Å². The molecular weight excluding hydrogens is 166 g/mol. The molecule has 0 aromatic heterocycles. The van der Waals surface area contributed by atoms with Gasteiger partial charge in [0.25, 0.3) is 0 Å². The van der Waals surface area contributed by atoms with E-state index in [1.807, 2.05) is 12.1 Å². The Labute approximate surface area is 76.4 Å². The lowest BCUT2D eigenvalue weighted by Crippen LogP contribution is -2.25. The van der Waals surface area contributed by atoms with E-state index in [9.17, 15) is 4.79 Å². The van der Waals surface area contributed by atoms with E-state index in [-0.39, 0.29) is 0 Å². The lowest BCUT2D eigenvalue weighted by Gasteiger charge is -2.09. The van der Waals surface area contributed by atoms with Gasteiger partial charge in [-0.2, -0.15) is 0 Å². The molecule has 0 amide bonds. The number of anilines is 1. The predicted octanol–water partition coefficient (Wildman–Crippen LogP) is 1.48. The number of fused-ring (bicyclic) bond motifs is 1. The summed E-state index contributed by atoms with van der Waals surface area (Å²) in [5.41, 5.74) is 3.55. The van der Waals surface area contributed by atoms with Crippen LogP contribution in [0.4, 0.5) is 5.69 Å². The fraction of sp³-hybridized carbons (Fsp3) is 0.300. The minimum atomic E-state index is -0.821. The van der Waals surface area contributed by atoms with Gasteiger partial charge >= 0.3 is 5.97 Å². The number of carbonyl (C=O) groups is 1. The van der Waals surface area contributed by atoms with E-state index in [1.165, 1.54) is 11.1 Å². The number of hydrogen-bond acceptors (Lipinski definition) is 2. The zero-order valence-corrected chi connectivity index (χ0v) is 7.37. The highest BCUT2D eigenvalue weighted by Gasteiger charge is 2.22. The molecule has 1 atom stereocenters. The molecule has 1 aliphatic rings. The second kappa shape index (κ2) is 2.76. The van der Waals surface area contributed by atoms with Crippen molar-refractivity contribution < 1.29 is 9.90 Å². The van der Waals surface area contributed by atoms with Gasteiger partial charge in [0.1, 0.15) is 6.04 Å². The first-order valence-corrected chi connectivity index (χ1v) is 4.28. The normalized spacial score (nSPS) is 14.5. The molecule has 13 heavy (non-hydrogen) atoms. The summed E-state index contributed by atoms with van der Waals surface area (Å²) in [7, 11) is 0. The third kappa shape index (κ3) is 1.49. The zero-order valence-electron chi connectivity index (χ0n) is 7.37. The van der Waals surface area contributed by atoms with E-state index < -0.39 is 12.0 Å². The Bertz CT molecular complexity index is 360. The maximum atomic E-state index is 10.6. The SMILES string of the molecule is C[C@H](Nc1cccc2c1C2)C(=O)O. The van der Waals surface area contributed by atoms with Gasteiger partial charge in [-0.15, -0.1) is 0 Å². The second-order valence-electron chi connectivity index (χ2n) is 3.32. The Morgan fingerprint density at radius 2 is 2.38 bits per heavy atom. The first-order valence-electron chi connectivity index (χ1n) is 4.28. The van der Waals surface area contributed by atoms with Crippen LogP contribution in [0.3, 0.4) is 0 Å². The third-order valence-electron chi connectivity index (χ3n) is 2.26. The summed E-state index contributed by atoms with van der Waals surface area (Å²) < 4.78 is 0. The highest BCUT2D eigenvalue weighted by Crippen LogP contribution is 2.34. The number of carboxylic acid groups (broad SMARTS) is 1. The molecule has 0 bridgehead atoms. The molecular formula is C10H11NO2. The van der Waals surface area contributed by atoms with Crippen LogP contribution in [0.5, 0.6) is 0 Å². The standard InChI is InChI=1S/C10H11NO2/c1-6(10(12)13)11-9-4-2-3-7-5-8(7)9/h2-4,6,11H,5H2,1H3,(H,12,13)/t6-/m0/s1. The van der Waals surface area contributed by atoms with Crippen molar-refractivity contribution >= 4 is 11.7 Å². The zero-order chi connectivity index (χ0) is 9.42. The predicted molar refractivity (Wildman–Crippen MR) is 50.0 cm³/mol. The molecule has 2 N–H and O–H groups in total. The fourth-order valence-corrected chi connectivity index (χ4v) is 1.37. The molecule has 3 nitrogen and oxygen atoms in total. The van der Waals surface area contributed by atoms with Crippen molar-refractivity contribution in [2.45, 2.75) is 19.4 Å². The number of benzene rings is 1. The van der Waals surface area contributed by atoms with Crippen LogP contribution < -0.4 is 5.32 Å². The van der Waals surface area contributed by atoms with Gasteiger partial charge in [0.05, 0.1) is 0 Å². The van der Waals surface area contributed by atoms with Crippen molar-refractivity contribution in [3.63, 3.8) is 0 Å². The van der Waals surface area contributed by atoms with Gasteiger partial charge in [-0.3, -0.25) is 4.79 Å². The van der Waals surface area contributed by atoms with Gasteiger partial charge in [-0.25, -0.2) is 0 Å². The molecule has 1 aromatic rings. The van der Waals surface area contributed by atoms with Crippen molar-refractivity contribution in [1.29, 1.82) is 0 Å². The summed E-state index contributed by atoms with van der Waals surface area (Å²) in [6.07, 6.45) is 1.00. The first-order chi connectivity index (χ1) is 6.18. The number of carboxylic acids is 1. The van der Waals surface area contributed by atoms with E-state index in [0.29, 0.717) is 0 Å². The van der Waals surface area contributed by atoms with Crippen LogP contribution in [0, 0.1) is 0 Å². The molecule has 0 unspecified atom stereocenters. The number of nitrogens with one attached hydrogen (secondary N) is 1. The van der Waals surface area contributed by atoms with Gasteiger partial charge in [-0.05, 0) is 24.1 Å². The van der Waals surface area contributed by atoms with Gasteiger partial charge in [0.2, 0.25) is 0 Å². The van der Waals surface area contributed by atoms with Crippen LogP contribution in [0.1, 0.15) is 18.1 Å². The van der Waals surface area contributed by atoms with Crippen LogP contribution in [-0.4, -0.2) is 17.1 Å². The molecule has 68 valence electrons. The summed E-state index contributed by atoms with van der Waals surface area (Å²) in [6, 6.07) is 5.41. The van der Waals surface area contributed by atoms with Crippen LogP contribution in [-0.2, 0) is 11.2 Å². The van der Waals surface area contributed by atoms with Crippen molar-refractivity contribution in [2.75, 3.05) is 5.32 Å². The van der Waals surface area contributed by atoms with Crippen LogP contribution in [0.15, 0.2) is 18.2 Å². The second-order valence-corrected chi connectivity index (χ2v) is 3.32. The molecule has 2 rings (SSSR count). The number of hydrogen-bond donors (Lipinski definition) is 2. The molecule has 0 heterocycles. The van der Waals surface area contributed by atoms with Gasteiger partial charge in [0, 0.05) is 12.1 Å². The van der Waals surface area contributed by atoms with Gasteiger partial charge < -0.3 is 10.4 Å². The largest absolute Gasteiger partial charge is 0.480 e. The number of rotatable bonds is 3. The Balaban J connectivity index is 2.12.